The number of aliphatic hydroxyl groups excluding tert-OH is 1. The first kappa shape index (κ1) is 15.3. The monoisotopic (exact) mass is 329 g/mol. The first-order valence-electron chi connectivity index (χ1n) is 6.00. The lowest BCUT2D eigenvalue weighted by atomic mass is 10.1. The van der Waals surface area contributed by atoms with Crippen LogP contribution in [0.5, 0.6) is 0 Å². The van der Waals surface area contributed by atoms with Crippen molar-refractivity contribution in [2.24, 2.45) is 0 Å². The minimum atomic E-state index is -0.565. The van der Waals surface area contributed by atoms with Gasteiger partial charge in [0, 0.05) is 22.2 Å². The van der Waals surface area contributed by atoms with E-state index in [0.717, 1.165) is 5.56 Å². The van der Waals surface area contributed by atoms with E-state index in [1.807, 2.05) is 16.8 Å². The highest BCUT2D eigenvalue weighted by atomic mass is 35.5. The molecule has 106 valence electrons. The Balaban J connectivity index is 1.86. The molecule has 6 heteroatoms. The van der Waals surface area contributed by atoms with E-state index in [9.17, 15) is 9.90 Å². The van der Waals surface area contributed by atoms with Gasteiger partial charge < -0.3 is 10.4 Å². The summed E-state index contributed by atoms with van der Waals surface area (Å²) in [5.41, 5.74) is 1.28. The molecule has 1 heterocycles. The average Bonchev–Trinajstić information content (AvgIpc) is 2.91. The van der Waals surface area contributed by atoms with E-state index in [2.05, 4.69) is 5.32 Å². The lowest BCUT2D eigenvalue weighted by Gasteiger charge is -2.10. The van der Waals surface area contributed by atoms with E-state index < -0.39 is 6.10 Å². The van der Waals surface area contributed by atoms with Gasteiger partial charge in [0.1, 0.15) is 0 Å². The summed E-state index contributed by atoms with van der Waals surface area (Å²) in [7, 11) is 0. The van der Waals surface area contributed by atoms with Crippen molar-refractivity contribution in [2.45, 2.75) is 12.5 Å². The van der Waals surface area contributed by atoms with Crippen molar-refractivity contribution in [3.05, 3.63) is 56.2 Å². The van der Waals surface area contributed by atoms with Crippen LogP contribution in [0.4, 0.5) is 0 Å². The summed E-state index contributed by atoms with van der Waals surface area (Å²) in [6.07, 6.45) is -0.110. The molecule has 20 heavy (non-hydrogen) atoms. The Kier molecular flexibility index (Phi) is 5.43. The zero-order valence-electron chi connectivity index (χ0n) is 10.5. The van der Waals surface area contributed by atoms with Crippen LogP contribution in [0.1, 0.15) is 28.4 Å². The first-order chi connectivity index (χ1) is 9.56. The molecule has 0 bridgehead atoms. The second-order valence-electron chi connectivity index (χ2n) is 4.28. The Hall–Kier alpha value is -1.07. The molecule has 0 aliphatic carbocycles. The van der Waals surface area contributed by atoms with E-state index >= 15 is 0 Å². The van der Waals surface area contributed by atoms with Gasteiger partial charge in [0.15, 0.2) is 0 Å². The summed E-state index contributed by atoms with van der Waals surface area (Å²) in [5, 5.41) is 17.3. The SMILES string of the molecule is O=C(NCCC(O)c1ccsc1)c1cc(Cl)cc(Cl)c1. The van der Waals surface area contributed by atoms with Gasteiger partial charge in [0.2, 0.25) is 0 Å². The molecule has 2 N–H and O–H groups in total. The van der Waals surface area contributed by atoms with Crippen molar-refractivity contribution in [3.63, 3.8) is 0 Å². The molecular formula is C14H13Cl2NO2S. The van der Waals surface area contributed by atoms with Crippen LogP contribution in [0.3, 0.4) is 0 Å². The molecule has 1 atom stereocenters. The maximum atomic E-state index is 11.9. The molecule has 1 aromatic carbocycles. The van der Waals surface area contributed by atoms with Gasteiger partial charge in [-0.15, -0.1) is 0 Å². The van der Waals surface area contributed by atoms with E-state index in [1.54, 1.807) is 18.2 Å². The highest BCUT2D eigenvalue weighted by Gasteiger charge is 2.10. The summed E-state index contributed by atoms with van der Waals surface area (Å²) >= 11 is 13.2. The Bertz CT molecular complexity index is 567. The average molecular weight is 330 g/mol. The summed E-state index contributed by atoms with van der Waals surface area (Å²) in [4.78, 5) is 11.9. The number of hydrogen-bond donors (Lipinski definition) is 2. The highest BCUT2D eigenvalue weighted by Crippen LogP contribution is 2.20. The molecule has 3 nitrogen and oxygen atoms in total. The maximum Gasteiger partial charge on any atom is 0.251 e. The Labute approximate surface area is 131 Å². The van der Waals surface area contributed by atoms with Crippen molar-refractivity contribution in [1.82, 2.24) is 5.32 Å². The standard InChI is InChI=1S/C14H13Cl2NO2S/c15-11-5-10(6-12(16)7-11)14(19)17-3-1-13(18)9-2-4-20-8-9/h2,4-8,13,18H,1,3H2,(H,17,19). The number of nitrogens with one attached hydrogen (secondary N) is 1. The number of hydrogen-bond acceptors (Lipinski definition) is 3. The molecule has 2 rings (SSSR count). The largest absolute Gasteiger partial charge is 0.388 e. The fourth-order valence-electron chi connectivity index (χ4n) is 1.74. The third-order valence-electron chi connectivity index (χ3n) is 2.76. The van der Waals surface area contributed by atoms with Crippen LogP contribution in [-0.4, -0.2) is 17.6 Å². The number of rotatable bonds is 5. The number of carbonyl (C=O) groups excluding carboxylic acids is 1. The van der Waals surface area contributed by atoms with E-state index in [-0.39, 0.29) is 5.91 Å². The van der Waals surface area contributed by atoms with Crippen LogP contribution < -0.4 is 5.32 Å². The Morgan fingerprint density at radius 3 is 2.60 bits per heavy atom. The van der Waals surface area contributed by atoms with Gasteiger partial charge in [-0.2, -0.15) is 11.3 Å². The maximum absolute atomic E-state index is 11.9. The lowest BCUT2D eigenvalue weighted by Crippen LogP contribution is -2.25. The molecule has 1 aromatic heterocycles. The molecule has 2 aromatic rings. The number of carbonyl (C=O) groups is 1. The zero-order valence-corrected chi connectivity index (χ0v) is 12.8. The zero-order chi connectivity index (χ0) is 14.5. The summed E-state index contributed by atoms with van der Waals surface area (Å²) in [6.45, 7) is 0.375. The van der Waals surface area contributed by atoms with Crippen molar-refractivity contribution < 1.29 is 9.90 Å². The van der Waals surface area contributed by atoms with Gasteiger partial charge in [-0.3, -0.25) is 4.79 Å². The van der Waals surface area contributed by atoms with Gasteiger partial charge in [0.05, 0.1) is 6.10 Å². The molecule has 0 fully saturated rings. The number of benzene rings is 1. The van der Waals surface area contributed by atoms with E-state index in [0.29, 0.717) is 28.6 Å². The molecule has 0 saturated heterocycles. The van der Waals surface area contributed by atoms with Crippen LogP contribution in [0.25, 0.3) is 0 Å². The fraction of sp³-hybridized carbons (Fsp3) is 0.214. The van der Waals surface area contributed by atoms with Gasteiger partial charge in [-0.05, 0) is 47.0 Å². The normalized spacial score (nSPS) is 12.2. The molecule has 0 spiro atoms. The third-order valence-corrected chi connectivity index (χ3v) is 3.89. The predicted molar refractivity (Wildman–Crippen MR) is 82.7 cm³/mol. The van der Waals surface area contributed by atoms with Crippen LogP contribution in [0.15, 0.2) is 35.0 Å². The molecule has 1 unspecified atom stereocenters. The topological polar surface area (TPSA) is 49.3 Å². The molecule has 0 aliphatic rings. The van der Waals surface area contributed by atoms with Crippen LogP contribution >= 0.6 is 34.5 Å². The van der Waals surface area contributed by atoms with Crippen LogP contribution in [0.2, 0.25) is 10.0 Å². The van der Waals surface area contributed by atoms with Crippen LogP contribution in [0, 0.1) is 0 Å². The Morgan fingerprint density at radius 2 is 2.00 bits per heavy atom. The minimum absolute atomic E-state index is 0.257. The number of aliphatic hydroxyl groups is 1. The molecular weight excluding hydrogens is 317 g/mol. The second kappa shape index (κ2) is 7.09. The summed E-state index contributed by atoms with van der Waals surface area (Å²) in [6, 6.07) is 6.55. The van der Waals surface area contributed by atoms with E-state index in [4.69, 9.17) is 23.2 Å². The van der Waals surface area contributed by atoms with Crippen molar-refractivity contribution >= 4 is 40.4 Å². The van der Waals surface area contributed by atoms with Gasteiger partial charge in [0.25, 0.3) is 5.91 Å². The second-order valence-corrected chi connectivity index (χ2v) is 5.93. The first-order valence-corrected chi connectivity index (χ1v) is 7.70. The van der Waals surface area contributed by atoms with Gasteiger partial charge >= 0.3 is 0 Å². The summed E-state index contributed by atoms with van der Waals surface area (Å²) in [5.74, 6) is -0.257. The van der Waals surface area contributed by atoms with Crippen molar-refractivity contribution in [3.8, 4) is 0 Å². The number of halogens is 2. The quantitative estimate of drug-likeness (QED) is 0.873. The van der Waals surface area contributed by atoms with Crippen LogP contribution in [-0.2, 0) is 0 Å². The molecule has 0 saturated carbocycles. The van der Waals surface area contributed by atoms with Crippen molar-refractivity contribution in [2.75, 3.05) is 6.54 Å². The smallest absolute Gasteiger partial charge is 0.251 e. The fourth-order valence-corrected chi connectivity index (χ4v) is 2.97. The number of amides is 1. The lowest BCUT2D eigenvalue weighted by molar-refractivity contribution is 0.0942. The highest BCUT2D eigenvalue weighted by molar-refractivity contribution is 7.07. The third kappa shape index (κ3) is 4.21. The predicted octanol–water partition coefficient (Wildman–Crippen LogP) is 3.91. The van der Waals surface area contributed by atoms with Gasteiger partial charge in [-0.25, -0.2) is 0 Å². The molecule has 0 radical (unpaired) electrons. The Morgan fingerprint density at radius 1 is 1.30 bits per heavy atom. The summed E-state index contributed by atoms with van der Waals surface area (Å²) < 4.78 is 0. The molecule has 0 aliphatic heterocycles. The number of thiophene rings is 1. The van der Waals surface area contributed by atoms with E-state index in [1.165, 1.54) is 11.3 Å². The minimum Gasteiger partial charge on any atom is -0.388 e. The van der Waals surface area contributed by atoms with Gasteiger partial charge in [-0.1, -0.05) is 23.2 Å². The van der Waals surface area contributed by atoms with Crippen molar-refractivity contribution in [1.29, 1.82) is 0 Å². The molecule has 1 amide bonds.